The standard InChI is InChI=1S/C28H51N7O8.C9H9N/c29-21(19-31-16-17-33-24(38)12-8-6-4-2-1-3-5-7-11-23(30)37)27(41)34-20-26(40)32-15-14-22(28(42)43)35-25(39)13-9-10-18-36;1-7-6-10-9-5-3-2-4-8(7)9/h18,21-22,31H,1-17,19-20,29H2,(H2,30,37)(H,32,40)(H,33,38)(H,34,41)(H,35,39)(H,42,43);2-6,10H,1H3/t21-,22+;/m0./s1. The van der Waals surface area contributed by atoms with Crippen molar-refractivity contribution in [3.8, 4) is 0 Å². The molecule has 1 aromatic carbocycles. The number of hydrogen-bond donors (Lipinski definition) is 9. The quantitative estimate of drug-likeness (QED) is 0.0447. The van der Waals surface area contributed by atoms with E-state index in [4.69, 9.17) is 11.5 Å². The number of para-hydroxylation sites is 1. The highest BCUT2D eigenvalue weighted by atomic mass is 16.4. The van der Waals surface area contributed by atoms with Gasteiger partial charge in [0.25, 0.3) is 0 Å². The first-order chi connectivity index (χ1) is 25.4. The van der Waals surface area contributed by atoms with E-state index in [0.717, 1.165) is 51.4 Å². The van der Waals surface area contributed by atoms with Gasteiger partial charge < -0.3 is 52.9 Å². The normalized spacial score (nSPS) is 11.7. The van der Waals surface area contributed by atoms with E-state index in [1.807, 2.05) is 12.3 Å². The van der Waals surface area contributed by atoms with Crippen LogP contribution in [0.2, 0.25) is 0 Å². The summed E-state index contributed by atoms with van der Waals surface area (Å²) >= 11 is 0. The summed E-state index contributed by atoms with van der Waals surface area (Å²) in [4.78, 5) is 83.3. The van der Waals surface area contributed by atoms with Crippen LogP contribution in [0, 0.1) is 6.92 Å². The Morgan fingerprint density at radius 2 is 1.42 bits per heavy atom. The van der Waals surface area contributed by atoms with Gasteiger partial charge in [-0.15, -0.1) is 0 Å². The molecular weight excluding hydrogens is 684 g/mol. The average molecular weight is 745 g/mol. The van der Waals surface area contributed by atoms with Crippen LogP contribution in [0.15, 0.2) is 30.5 Å². The molecule has 2 atom stereocenters. The van der Waals surface area contributed by atoms with Gasteiger partial charge in [-0.05, 0) is 44.2 Å². The third-order valence-corrected chi connectivity index (χ3v) is 8.24. The minimum absolute atomic E-state index is 0.0233. The van der Waals surface area contributed by atoms with Crippen molar-refractivity contribution in [2.75, 3.05) is 32.7 Å². The topological polar surface area (TPSA) is 268 Å². The number of benzene rings is 1. The summed E-state index contributed by atoms with van der Waals surface area (Å²) in [7, 11) is 0. The predicted molar refractivity (Wildman–Crippen MR) is 202 cm³/mol. The molecule has 0 aliphatic rings. The van der Waals surface area contributed by atoms with Crippen LogP contribution in [-0.4, -0.2) is 96.7 Å². The molecule has 53 heavy (non-hydrogen) atoms. The Kier molecular flexibility index (Phi) is 25.0. The second-order valence-electron chi connectivity index (χ2n) is 12.8. The van der Waals surface area contributed by atoms with E-state index in [2.05, 4.69) is 56.7 Å². The maximum Gasteiger partial charge on any atom is 0.326 e. The summed E-state index contributed by atoms with van der Waals surface area (Å²) in [5.74, 6) is -3.13. The van der Waals surface area contributed by atoms with Gasteiger partial charge in [-0.2, -0.15) is 0 Å². The molecule has 0 bridgehead atoms. The third-order valence-electron chi connectivity index (χ3n) is 8.24. The molecule has 1 aromatic heterocycles. The van der Waals surface area contributed by atoms with Gasteiger partial charge in [0.1, 0.15) is 12.3 Å². The van der Waals surface area contributed by atoms with Crippen molar-refractivity contribution in [3.05, 3.63) is 36.0 Å². The number of amides is 5. The molecule has 11 N–H and O–H groups in total. The minimum atomic E-state index is -1.25. The zero-order valence-electron chi connectivity index (χ0n) is 31.0. The van der Waals surface area contributed by atoms with E-state index in [0.29, 0.717) is 38.6 Å². The molecule has 0 saturated carbocycles. The van der Waals surface area contributed by atoms with Gasteiger partial charge in [0.05, 0.1) is 12.6 Å². The first-order valence-electron chi connectivity index (χ1n) is 18.5. The molecule has 2 rings (SSSR count). The van der Waals surface area contributed by atoms with E-state index in [1.54, 1.807) is 0 Å². The Labute approximate surface area is 311 Å². The fourth-order valence-electron chi connectivity index (χ4n) is 5.18. The Hall–Kier alpha value is -4.83. The number of unbranched alkanes of at least 4 members (excludes halogenated alkanes) is 8. The highest BCUT2D eigenvalue weighted by Gasteiger charge is 2.20. The number of H-pyrrole nitrogens is 1. The number of aliphatic carboxylic acids is 1. The van der Waals surface area contributed by atoms with Crippen LogP contribution in [-0.2, 0) is 33.6 Å². The fourth-order valence-corrected chi connectivity index (χ4v) is 5.18. The summed E-state index contributed by atoms with van der Waals surface area (Å²) in [6, 6.07) is 6.19. The third kappa shape index (κ3) is 23.4. The zero-order valence-corrected chi connectivity index (χ0v) is 31.0. The lowest BCUT2D eigenvalue weighted by atomic mass is 10.1. The molecule has 296 valence electrons. The molecule has 1 heterocycles. The molecule has 0 unspecified atom stereocenters. The lowest BCUT2D eigenvalue weighted by Crippen LogP contribution is -2.50. The van der Waals surface area contributed by atoms with Crippen molar-refractivity contribution in [3.63, 3.8) is 0 Å². The Bertz CT molecular complexity index is 1420. The second kappa shape index (κ2) is 28.7. The minimum Gasteiger partial charge on any atom is -0.480 e. The summed E-state index contributed by atoms with van der Waals surface area (Å²) in [5.41, 5.74) is 13.5. The molecule has 16 heteroatoms. The van der Waals surface area contributed by atoms with Gasteiger partial charge >= 0.3 is 5.97 Å². The van der Waals surface area contributed by atoms with Crippen LogP contribution in [0.1, 0.15) is 95.5 Å². The van der Waals surface area contributed by atoms with Crippen LogP contribution in [0.25, 0.3) is 10.9 Å². The van der Waals surface area contributed by atoms with Crippen molar-refractivity contribution in [2.45, 2.75) is 109 Å². The monoisotopic (exact) mass is 744 g/mol. The van der Waals surface area contributed by atoms with Crippen molar-refractivity contribution < 1.29 is 38.7 Å². The van der Waals surface area contributed by atoms with Gasteiger partial charge in [-0.3, -0.25) is 24.0 Å². The van der Waals surface area contributed by atoms with Crippen molar-refractivity contribution in [1.82, 2.24) is 31.6 Å². The largest absolute Gasteiger partial charge is 0.480 e. The van der Waals surface area contributed by atoms with Crippen molar-refractivity contribution in [1.29, 1.82) is 0 Å². The number of carboxylic acid groups (broad SMARTS) is 1. The SMILES string of the molecule is Cc1c[nH]c2ccccc12.NC(=O)CCCCCCCCCCC(=O)NCCNC[C@H](N)C(=O)NCC(=O)NCC[C@@H](NC(=O)CCCC=O)C(=O)O. The number of aromatic nitrogens is 1. The highest BCUT2D eigenvalue weighted by Crippen LogP contribution is 2.15. The van der Waals surface area contributed by atoms with Crippen LogP contribution >= 0.6 is 0 Å². The number of primary amides is 1. The number of hydrogen-bond acceptors (Lipinski definition) is 9. The van der Waals surface area contributed by atoms with E-state index in [1.165, 1.54) is 16.5 Å². The van der Waals surface area contributed by atoms with E-state index >= 15 is 0 Å². The van der Waals surface area contributed by atoms with Gasteiger partial charge in [0.2, 0.25) is 29.5 Å². The van der Waals surface area contributed by atoms with Crippen LogP contribution < -0.4 is 38.1 Å². The highest BCUT2D eigenvalue weighted by molar-refractivity contribution is 5.87. The Balaban J connectivity index is 0.00000118. The summed E-state index contributed by atoms with van der Waals surface area (Å²) in [5, 5.41) is 23.6. The first-order valence-corrected chi connectivity index (χ1v) is 18.5. The number of rotatable bonds is 28. The number of aryl methyl sites for hydroxylation is 1. The molecule has 0 fully saturated rings. The summed E-state index contributed by atoms with van der Waals surface area (Å²) in [6.07, 6.45) is 12.2. The number of carbonyl (C=O) groups is 7. The zero-order chi connectivity index (χ0) is 39.3. The van der Waals surface area contributed by atoms with Crippen molar-refractivity contribution in [2.24, 2.45) is 11.5 Å². The smallest absolute Gasteiger partial charge is 0.326 e. The molecule has 0 saturated heterocycles. The number of carboxylic acids is 1. The second-order valence-corrected chi connectivity index (χ2v) is 12.8. The van der Waals surface area contributed by atoms with Crippen LogP contribution in [0.4, 0.5) is 0 Å². The number of carbonyl (C=O) groups excluding carboxylic acids is 6. The molecule has 16 nitrogen and oxygen atoms in total. The number of nitrogens with two attached hydrogens (primary N) is 2. The lowest BCUT2D eigenvalue weighted by molar-refractivity contribution is -0.142. The van der Waals surface area contributed by atoms with E-state index in [9.17, 15) is 38.7 Å². The molecule has 0 radical (unpaired) electrons. The van der Waals surface area contributed by atoms with Crippen LogP contribution in [0.5, 0.6) is 0 Å². The fraction of sp³-hybridized carbons (Fsp3) is 0.595. The molecule has 0 spiro atoms. The van der Waals surface area contributed by atoms with Gasteiger partial charge in [0.15, 0.2) is 0 Å². The van der Waals surface area contributed by atoms with E-state index < -0.39 is 35.8 Å². The molecular formula is C37H60N8O8. The van der Waals surface area contributed by atoms with Gasteiger partial charge in [-0.25, -0.2) is 4.79 Å². The average Bonchev–Trinajstić information content (AvgIpc) is 3.51. The Morgan fingerprint density at radius 3 is 2.06 bits per heavy atom. The Morgan fingerprint density at radius 1 is 0.792 bits per heavy atom. The lowest BCUT2D eigenvalue weighted by Gasteiger charge is -2.15. The first kappa shape index (κ1) is 46.2. The molecule has 0 aliphatic heterocycles. The summed E-state index contributed by atoms with van der Waals surface area (Å²) in [6.45, 7) is 2.66. The summed E-state index contributed by atoms with van der Waals surface area (Å²) < 4.78 is 0. The predicted octanol–water partition coefficient (Wildman–Crippen LogP) is 1.44. The van der Waals surface area contributed by atoms with Gasteiger partial charge in [-0.1, -0.05) is 56.7 Å². The number of aromatic amines is 1. The van der Waals surface area contributed by atoms with Crippen molar-refractivity contribution >= 4 is 52.7 Å². The van der Waals surface area contributed by atoms with E-state index in [-0.39, 0.29) is 50.7 Å². The number of nitrogens with one attached hydrogen (secondary N) is 6. The molecule has 2 aromatic rings. The number of fused-ring (bicyclic) bond motifs is 1. The number of aldehydes is 1. The molecule has 0 aliphatic carbocycles. The van der Waals surface area contributed by atoms with Gasteiger partial charge in [0, 0.05) is 69.0 Å². The maximum atomic E-state index is 12.1. The van der Waals surface area contributed by atoms with Crippen LogP contribution in [0.3, 0.4) is 0 Å². The maximum absolute atomic E-state index is 12.1. The molecule has 5 amide bonds.